The Morgan fingerprint density at radius 3 is 2.16 bits per heavy atom. The van der Waals surface area contributed by atoms with Crippen LogP contribution in [-0.2, 0) is 42.6 Å². The summed E-state index contributed by atoms with van der Waals surface area (Å²) in [4.78, 5) is 10.3. The second kappa shape index (κ2) is 22.2. The minimum absolute atomic E-state index is 0. The summed E-state index contributed by atoms with van der Waals surface area (Å²) in [6, 6.07) is 9.36. The standard InChI is InChI=1S/C20H26O10S2.C7H12O2.2Na/c1-28-18-7-3-6-15(20(18)21)12-16(13-32(25,26)27)30-17-9-8-14(11-19(17)29-2)5-4-10-31(22,23)24;1-3-5-6-9-7(8)4-2;;/h3,6-9,11,16,21H,4-5,10,12-13H2,1-2H3,(H,22,23,24)(H,25,26,27);4H,2-3,5-6H2,1H3;;/q;;2*+1/p-2. The summed E-state index contributed by atoms with van der Waals surface area (Å²) in [5, 5.41) is 10.3. The van der Waals surface area contributed by atoms with Crippen LogP contribution >= 0.6 is 0 Å². The molecule has 0 spiro atoms. The van der Waals surface area contributed by atoms with Crippen LogP contribution in [0, 0.1) is 0 Å². The van der Waals surface area contributed by atoms with Gasteiger partial charge < -0.3 is 33.2 Å². The number of phenolic OH excluding ortho intramolecular Hbond substituents is 1. The van der Waals surface area contributed by atoms with Crippen LogP contribution in [0.25, 0.3) is 0 Å². The van der Waals surface area contributed by atoms with Crippen LogP contribution in [-0.4, -0.2) is 75.5 Å². The van der Waals surface area contributed by atoms with Crippen molar-refractivity contribution in [3.63, 3.8) is 0 Å². The minimum atomic E-state index is -4.66. The minimum Gasteiger partial charge on any atom is -0.748 e. The number of unbranched alkanes of at least 4 members (excludes halogenated alkanes) is 1. The van der Waals surface area contributed by atoms with Crippen LogP contribution in [0.1, 0.15) is 37.3 Å². The molecule has 0 aromatic heterocycles. The molecule has 1 unspecified atom stereocenters. The molecule has 2 rings (SSSR count). The SMILES string of the molecule is C=CC(=O)OCCCC.COc1cc(CCCS(=O)(=O)[O-])ccc1OC(Cc1cccc(OC)c1O)CS(=O)(=O)[O-].[Na+].[Na+]. The van der Waals surface area contributed by atoms with Gasteiger partial charge in [0.25, 0.3) is 0 Å². The number of hydrogen-bond donors (Lipinski definition) is 1. The van der Waals surface area contributed by atoms with E-state index in [2.05, 4.69) is 11.3 Å². The van der Waals surface area contributed by atoms with Crippen LogP contribution < -0.4 is 73.3 Å². The molecule has 1 N–H and O–H groups in total. The Kier molecular flexibility index (Phi) is 22.6. The number of rotatable bonds is 16. The molecule has 1 atom stereocenters. The number of para-hydroxylation sites is 1. The van der Waals surface area contributed by atoms with Crippen LogP contribution in [0.4, 0.5) is 0 Å². The molecule has 43 heavy (non-hydrogen) atoms. The zero-order valence-electron chi connectivity index (χ0n) is 25.2. The molecule has 0 saturated heterocycles. The van der Waals surface area contributed by atoms with E-state index >= 15 is 0 Å². The number of ether oxygens (including phenoxy) is 4. The van der Waals surface area contributed by atoms with Gasteiger partial charge in [-0.1, -0.05) is 38.1 Å². The van der Waals surface area contributed by atoms with Crippen molar-refractivity contribution in [2.75, 3.05) is 32.3 Å². The molecule has 0 aliphatic heterocycles. The van der Waals surface area contributed by atoms with Gasteiger partial charge in [-0.15, -0.1) is 0 Å². The average molecular weight is 663 g/mol. The zero-order valence-corrected chi connectivity index (χ0v) is 30.9. The Balaban J connectivity index is 0. The molecule has 230 valence electrons. The van der Waals surface area contributed by atoms with Gasteiger partial charge in [-0.3, -0.25) is 0 Å². The maximum absolute atomic E-state index is 11.4. The fraction of sp³-hybridized carbons (Fsp3) is 0.444. The Morgan fingerprint density at radius 2 is 1.63 bits per heavy atom. The van der Waals surface area contributed by atoms with Crippen molar-refractivity contribution in [2.45, 2.75) is 45.1 Å². The van der Waals surface area contributed by atoms with E-state index in [4.69, 9.17) is 14.2 Å². The molecule has 16 heteroatoms. The number of carbonyl (C=O) groups excluding carboxylic acids is 1. The Bertz CT molecular complexity index is 1350. The fourth-order valence-electron chi connectivity index (χ4n) is 3.48. The third-order valence-corrected chi connectivity index (χ3v) is 7.00. The van der Waals surface area contributed by atoms with Gasteiger partial charge in [0.15, 0.2) is 23.0 Å². The first-order valence-electron chi connectivity index (χ1n) is 12.6. The van der Waals surface area contributed by atoms with Crippen molar-refractivity contribution in [3.05, 3.63) is 60.2 Å². The summed E-state index contributed by atoms with van der Waals surface area (Å²) in [5.74, 6) is -1.30. The molecule has 12 nitrogen and oxygen atoms in total. The topological polar surface area (TPSA) is 189 Å². The monoisotopic (exact) mass is 662 g/mol. The van der Waals surface area contributed by atoms with Crippen molar-refractivity contribution in [1.82, 2.24) is 0 Å². The van der Waals surface area contributed by atoms with E-state index in [0.29, 0.717) is 24.2 Å². The van der Waals surface area contributed by atoms with Gasteiger partial charge in [0.2, 0.25) is 0 Å². The Morgan fingerprint density at radius 1 is 0.977 bits per heavy atom. The van der Waals surface area contributed by atoms with Crippen LogP contribution in [0.15, 0.2) is 49.1 Å². The average Bonchev–Trinajstić information content (AvgIpc) is 2.89. The van der Waals surface area contributed by atoms with Crippen molar-refractivity contribution in [1.29, 1.82) is 0 Å². The molecular formula is C27H36Na2O12S2. The predicted octanol–water partition coefficient (Wildman–Crippen LogP) is -3.05. The molecule has 0 amide bonds. The molecule has 2 aromatic carbocycles. The molecule has 0 fully saturated rings. The summed E-state index contributed by atoms with van der Waals surface area (Å²) >= 11 is 0. The van der Waals surface area contributed by atoms with Gasteiger partial charge in [-0.05, 0) is 43.0 Å². The van der Waals surface area contributed by atoms with Gasteiger partial charge in [0.1, 0.15) is 6.10 Å². The van der Waals surface area contributed by atoms with E-state index in [1.165, 1.54) is 32.4 Å². The van der Waals surface area contributed by atoms with E-state index in [9.17, 15) is 35.8 Å². The summed E-state index contributed by atoms with van der Waals surface area (Å²) in [5.41, 5.74) is 1.00. The number of benzene rings is 2. The van der Waals surface area contributed by atoms with Crippen molar-refractivity contribution >= 4 is 26.2 Å². The van der Waals surface area contributed by atoms with E-state index in [0.717, 1.165) is 12.8 Å². The summed E-state index contributed by atoms with van der Waals surface area (Å²) in [7, 11) is -6.24. The number of hydrogen-bond acceptors (Lipinski definition) is 12. The maximum Gasteiger partial charge on any atom is 1.00 e. The first-order valence-corrected chi connectivity index (χ1v) is 15.7. The van der Waals surface area contributed by atoms with Gasteiger partial charge in [-0.25, -0.2) is 21.6 Å². The van der Waals surface area contributed by atoms with E-state index < -0.39 is 37.8 Å². The second-order valence-electron chi connectivity index (χ2n) is 8.71. The van der Waals surface area contributed by atoms with Crippen molar-refractivity contribution in [2.24, 2.45) is 0 Å². The van der Waals surface area contributed by atoms with Crippen molar-refractivity contribution < 1.29 is 114 Å². The summed E-state index contributed by atoms with van der Waals surface area (Å²) in [6.07, 6.45) is 2.34. The fourth-order valence-corrected chi connectivity index (χ4v) is 4.62. The van der Waals surface area contributed by atoms with Crippen LogP contribution in [0.2, 0.25) is 0 Å². The van der Waals surface area contributed by atoms with E-state index in [1.54, 1.807) is 24.3 Å². The van der Waals surface area contributed by atoms with Gasteiger partial charge in [0.05, 0.1) is 46.8 Å². The number of aryl methyl sites for hydroxylation is 1. The zero-order chi connectivity index (χ0) is 31.1. The Hall–Kier alpha value is -1.33. The van der Waals surface area contributed by atoms with E-state index in [1.807, 2.05) is 6.92 Å². The van der Waals surface area contributed by atoms with Gasteiger partial charge >= 0.3 is 65.1 Å². The second-order valence-corrected chi connectivity index (χ2v) is 11.7. The normalized spacial score (nSPS) is 11.4. The molecular weight excluding hydrogens is 626 g/mol. The smallest absolute Gasteiger partial charge is 0.748 e. The summed E-state index contributed by atoms with van der Waals surface area (Å²) in [6.45, 7) is 5.82. The van der Waals surface area contributed by atoms with Crippen LogP contribution in [0.5, 0.6) is 23.0 Å². The number of phenols is 1. The number of methoxy groups -OCH3 is 2. The number of aromatic hydroxyl groups is 1. The molecule has 2 aromatic rings. The molecule has 0 saturated carbocycles. The molecule has 0 radical (unpaired) electrons. The number of carbonyl (C=O) groups is 1. The maximum atomic E-state index is 11.4. The molecule has 0 aliphatic rings. The van der Waals surface area contributed by atoms with Crippen molar-refractivity contribution in [3.8, 4) is 23.0 Å². The van der Waals surface area contributed by atoms with Gasteiger partial charge in [0, 0.05) is 23.8 Å². The molecule has 0 bridgehead atoms. The molecule has 0 heterocycles. The third-order valence-electron chi connectivity index (χ3n) is 5.43. The van der Waals surface area contributed by atoms with Crippen LogP contribution in [0.3, 0.4) is 0 Å². The van der Waals surface area contributed by atoms with Gasteiger partial charge in [-0.2, -0.15) is 0 Å². The largest absolute Gasteiger partial charge is 1.00 e. The first-order chi connectivity index (χ1) is 19.2. The van der Waals surface area contributed by atoms with E-state index in [-0.39, 0.29) is 101 Å². The number of esters is 1. The summed E-state index contributed by atoms with van der Waals surface area (Å²) < 4.78 is 87.2. The third kappa shape index (κ3) is 18.9. The quantitative estimate of drug-likeness (QED) is 0.0630. The predicted molar refractivity (Wildman–Crippen MR) is 149 cm³/mol. The molecule has 0 aliphatic carbocycles. The first kappa shape index (κ1) is 43.8. The Labute approximate surface area is 298 Å².